The van der Waals surface area contributed by atoms with Gasteiger partial charge in [-0.15, -0.1) is 0 Å². The molecule has 0 aliphatic carbocycles. The lowest BCUT2D eigenvalue weighted by molar-refractivity contribution is -0.123. The van der Waals surface area contributed by atoms with Gasteiger partial charge in [-0.25, -0.2) is 9.29 Å². The van der Waals surface area contributed by atoms with Crippen molar-refractivity contribution in [2.24, 2.45) is 11.8 Å². The van der Waals surface area contributed by atoms with Gasteiger partial charge in [-0.05, 0) is 62.7 Å². The molecule has 6 heteroatoms. The highest BCUT2D eigenvalue weighted by Crippen LogP contribution is 2.48. The number of ketones is 1. The number of hydrogen-bond acceptors (Lipinski definition) is 4. The van der Waals surface area contributed by atoms with E-state index in [1.807, 2.05) is 24.0 Å². The first-order valence-corrected chi connectivity index (χ1v) is 9.97. The fraction of sp³-hybridized carbons (Fsp3) is 0.348. The van der Waals surface area contributed by atoms with Crippen molar-refractivity contribution in [3.63, 3.8) is 0 Å². The SMILES string of the molecule is Cc1ccc(N2C(=O)[C@@H]3[C@H](C2=O)[C@H]2CCCN2[C@@H]3C(=O)c2ccc(F)cc2)cc1. The van der Waals surface area contributed by atoms with Crippen molar-refractivity contribution in [1.29, 1.82) is 0 Å². The maximum atomic E-state index is 13.4. The minimum Gasteiger partial charge on any atom is -0.292 e. The molecule has 0 N–H and O–H groups in total. The number of carbonyl (C=O) groups excluding carboxylic acids is 3. The van der Waals surface area contributed by atoms with E-state index in [9.17, 15) is 18.8 Å². The van der Waals surface area contributed by atoms with Crippen LogP contribution in [0.15, 0.2) is 48.5 Å². The molecule has 0 unspecified atom stereocenters. The number of imide groups is 1. The lowest BCUT2D eigenvalue weighted by Crippen LogP contribution is -2.46. The Morgan fingerprint density at radius 3 is 2.31 bits per heavy atom. The summed E-state index contributed by atoms with van der Waals surface area (Å²) in [5, 5.41) is 0. The minimum absolute atomic E-state index is 0.0960. The molecule has 2 aromatic rings. The number of Topliss-reactive ketones (excluding diaryl/α,β-unsaturated/α-hetero) is 1. The van der Waals surface area contributed by atoms with Crippen molar-refractivity contribution >= 4 is 23.3 Å². The lowest BCUT2D eigenvalue weighted by atomic mass is 9.85. The van der Waals surface area contributed by atoms with Gasteiger partial charge in [0, 0.05) is 11.6 Å². The summed E-state index contributed by atoms with van der Waals surface area (Å²) in [6.07, 6.45) is 1.70. The average Bonchev–Trinajstić information content (AvgIpc) is 3.35. The van der Waals surface area contributed by atoms with Gasteiger partial charge in [0.05, 0.1) is 23.6 Å². The molecule has 0 spiro atoms. The largest absolute Gasteiger partial charge is 0.292 e. The van der Waals surface area contributed by atoms with Gasteiger partial charge in [0.25, 0.3) is 0 Å². The van der Waals surface area contributed by atoms with Crippen LogP contribution < -0.4 is 4.90 Å². The van der Waals surface area contributed by atoms with Crippen LogP contribution in [0.4, 0.5) is 10.1 Å². The molecule has 3 aliphatic heterocycles. The van der Waals surface area contributed by atoms with Crippen LogP contribution in [0.3, 0.4) is 0 Å². The summed E-state index contributed by atoms with van der Waals surface area (Å²) < 4.78 is 13.3. The molecule has 2 aromatic carbocycles. The number of carbonyl (C=O) groups is 3. The van der Waals surface area contributed by atoms with E-state index < -0.39 is 23.7 Å². The Hall–Kier alpha value is -2.86. The summed E-state index contributed by atoms with van der Waals surface area (Å²) in [5.74, 6) is -2.33. The molecule has 0 saturated carbocycles. The zero-order chi connectivity index (χ0) is 20.3. The predicted octanol–water partition coefficient (Wildman–Crippen LogP) is 2.97. The van der Waals surface area contributed by atoms with Gasteiger partial charge in [0.2, 0.25) is 11.8 Å². The molecule has 0 bridgehead atoms. The zero-order valence-electron chi connectivity index (χ0n) is 16.0. The Bertz CT molecular complexity index is 1000. The van der Waals surface area contributed by atoms with Crippen molar-refractivity contribution in [3.05, 3.63) is 65.5 Å². The number of halogens is 1. The highest BCUT2D eigenvalue weighted by molar-refractivity contribution is 6.24. The van der Waals surface area contributed by atoms with Gasteiger partial charge in [0.1, 0.15) is 5.82 Å². The Labute approximate surface area is 168 Å². The van der Waals surface area contributed by atoms with Gasteiger partial charge >= 0.3 is 0 Å². The molecule has 2 amide bonds. The first-order chi connectivity index (χ1) is 14.0. The van der Waals surface area contributed by atoms with Gasteiger partial charge < -0.3 is 0 Å². The molecule has 29 heavy (non-hydrogen) atoms. The molecule has 5 nitrogen and oxygen atoms in total. The molecular weight excluding hydrogens is 371 g/mol. The van der Waals surface area contributed by atoms with Crippen molar-refractivity contribution in [1.82, 2.24) is 4.90 Å². The molecule has 3 heterocycles. The number of amides is 2. The van der Waals surface area contributed by atoms with Crippen molar-refractivity contribution in [2.75, 3.05) is 11.4 Å². The van der Waals surface area contributed by atoms with E-state index >= 15 is 0 Å². The highest BCUT2D eigenvalue weighted by Gasteiger charge is 2.64. The maximum absolute atomic E-state index is 13.4. The summed E-state index contributed by atoms with van der Waals surface area (Å²) in [4.78, 5) is 43.3. The number of aryl methyl sites for hydroxylation is 1. The third kappa shape index (κ3) is 2.66. The average molecular weight is 392 g/mol. The fourth-order valence-corrected chi connectivity index (χ4v) is 5.25. The Morgan fingerprint density at radius 1 is 0.966 bits per heavy atom. The smallest absolute Gasteiger partial charge is 0.239 e. The Kier molecular flexibility index (Phi) is 4.13. The topological polar surface area (TPSA) is 57.7 Å². The van der Waals surface area contributed by atoms with Crippen LogP contribution in [0.1, 0.15) is 28.8 Å². The van der Waals surface area contributed by atoms with E-state index in [2.05, 4.69) is 0 Å². The molecule has 3 aliphatic rings. The summed E-state index contributed by atoms with van der Waals surface area (Å²) in [6.45, 7) is 2.64. The fourth-order valence-electron chi connectivity index (χ4n) is 5.25. The predicted molar refractivity (Wildman–Crippen MR) is 105 cm³/mol. The number of anilines is 1. The Balaban J connectivity index is 1.54. The highest BCUT2D eigenvalue weighted by atomic mass is 19.1. The molecule has 5 rings (SSSR count). The van der Waals surface area contributed by atoms with Gasteiger partial charge in [-0.2, -0.15) is 0 Å². The molecule has 0 radical (unpaired) electrons. The number of hydrogen-bond donors (Lipinski definition) is 0. The molecule has 148 valence electrons. The van der Waals surface area contributed by atoms with Crippen LogP contribution >= 0.6 is 0 Å². The van der Waals surface area contributed by atoms with Crippen LogP contribution in [0.2, 0.25) is 0 Å². The summed E-state index contributed by atoms with van der Waals surface area (Å²) in [6, 6.07) is 11.9. The van der Waals surface area contributed by atoms with Crippen LogP contribution in [0, 0.1) is 24.6 Å². The van der Waals surface area contributed by atoms with E-state index in [1.54, 1.807) is 12.1 Å². The Morgan fingerprint density at radius 2 is 1.62 bits per heavy atom. The van der Waals surface area contributed by atoms with Crippen molar-refractivity contribution < 1.29 is 18.8 Å². The minimum atomic E-state index is -0.688. The van der Waals surface area contributed by atoms with E-state index in [0.29, 0.717) is 17.8 Å². The van der Waals surface area contributed by atoms with Gasteiger partial charge in [-0.1, -0.05) is 17.7 Å². The number of rotatable bonds is 3. The van der Waals surface area contributed by atoms with Crippen LogP contribution in [-0.2, 0) is 9.59 Å². The van der Waals surface area contributed by atoms with Crippen molar-refractivity contribution in [2.45, 2.75) is 31.8 Å². The third-order valence-electron chi connectivity index (χ3n) is 6.54. The molecule has 0 aromatic heterocycles. The van der Waals surface area contributed by atoms with Crippen molar-refractivity contribution in [3.8, 4) is 0 Å². The molecule has 3 saturated heterocycles. The standard InChI is InChI=1S/C23H21FN2O3/c1-13-4-10-16(11-5-13)26-22(28)18-17-3-2-12-25(17)20(19(18)23(26)29)21(27)14-6-8-15(24)9-7-14/h4-11,17-20H,2-3,12H2,1H3/t17-,18-,19-,20+/m1/s1. The normalized spacial score (nSPS) is 28.7. The second-order valence-corrected chi connectivity index (χ2v) is 8.16. The second-order valence-electron chi connectivity index (χ2n) is 8.16. The van der Waals surface area contributed by atoms with E-state index in [0.717, 1.165) is 18.4 Å². The summed E-state index contributed by atoms with van der Waals surface area (Å²) in [7, 11) is 0. The summed E-state index contributed by atoms with van der Waals surface area (Å²) >= 11 is 0. The molecular formula is C23H21FN2O3. The first-order valence-electron chi connectivity index (χ1n) is 9.97. The maximum Gasteiger partial charge on any atom is 0.239 e. The molecule has 4 atom stereocenters. The van der Waals surface area contributed by atoms with Crippen LogP contribution in [0.5, 0.6) is 0 Å². The monoisotopic (exact) mass is 392 g/mol. The second kappa shape index (κ2) is 6.59. The molecule has 3 fully saturated rings. The zero-order valence-corrected chi connectivity index (χ0v) is 16.0. The van der Waals surface area contributed by atoms with Gasteiger partial charge in [-0.3, -0.25) is 19.3 Å². The van der Waals surface area contributed by atoms with Gasteiger partial charge in [0.15, 0.2) is 5.78 Å². The summed E-state index contributed by atoms with van der Waals surface area (Å²) in [5.41, 5.74) is 1.97. The first kappa shape index (κ1) is 18.2. The third-order valence-corrected chi connectivity index (χ3v) is 6.54. The number of benzene rings is 2. The van der Waals surface area contributed by atoms with E-state index in [-0.39, 0.29) is 23.6 Å². The van der Waals surface area contributed by atoms with Crippen LogP contribution in [0.25, 0.3) is 0 Å². The van der Waals surface area contributed by atoms with E-state index in [4.69, 9.17) is 0 Å². The number of nitrogens with zero attached hydrogens (tertiary/aromatic N) is 2. The number of fused-ring (bicyclic) bond motifs is 3. The van der Waals surface area contributed by atoms with Crippen LogP contribution in [-0.4, -0.2) is 41.1 Å². The lowest BCUT2D eigenvalue weighted by Gasteiger charge is -2.27. The van der Waals surface area contributed by atoms with E-state index in [1.165, 1.54) is 29.2 Å². The quantitative estimate of drug-likeness (QED) is 0.595.